The van der Waals surface area contributed by atoms with Crippen molar-refractivity contribution in [3.63, 3.8) is 0 Å². The molecule has 0 aliphatic carbocycles. The molecule has 0 unspecified atom stereocenters. The van der Waals surface area contributed by atoms with Crippen LogP contribution in [-0.2, 0) is 0 Å². The first kappa shape index (κ1) is 8.31. The molecule has 4 N–H and O–H groups in total. The van der Waals surface area contributed by atoms with Gasteiger partial charge in [-0.3, -0.25) is 0 Å². The van der Waals surface area contributed by atoms with Crippen LogP contribution in [0, 0.1) is 0 Å². The molecule has 5 nitrogen and oxygen atoms in total. The fourth-order valence-electron chi connectivity index (χ4n) is 1.16. The van der Waals surface area contributed by atoms with Crippen molar-refractivity contribution in [2.75, 3.05) is 11.5 Å². The van der Waals surface area contributed by atoms with Gasteiger partial charge in [0.15, 0.2) is 5.65 Å². The number of thioether (sulfide) groups is 1. The lowest BCUT2D eigenvalue weighted by atomic mass is 10.6. The van der Waals surface area contributed by atoms with Gasteiger partial charge in [0, 0.05) is 0 Å². The fraction of sp³-hybridized carbons (Fsp3) is 0.286. The zero-order valence-corrected chi connectivity index (χ0v) is 7.93. The quantitative estimate of drug-likeness (QED) is 0.630. The summed E-state index contributed by atoms with van der Waals surface area (Å²) in [6, 6.07) is 0. The minimum absolute atomic E-state index is 0.0715. The smallest absolute Gasteiger partial charge is 0.209 e. The highest BCUT2D eigenvalue weighted by atomic mass is 32.2. The topological polar surface area (TPSA) is 79.3 Å². The molecule has 0 atom stereocenters. The molecule has 70 valence electrons. The van der Waals surface area contributed by atoms with E-state index < -0.39 is 0 Å². The second-order valence-corrected chi connectivity index (χ2v) is 3.84. The first-order valence-corrected chi connectivity index (χ1v) is 4.89. The highest BCUT2D eigenvalue weighted by Gasteiger charge is 2.11. The van der Waals surface area contributed by atoms with Crippen LogP contribution in [0.15, 0.2) is 11.2 Å². The van der Waals surface area contributed by atoms with Crippen LogP contribution in [-0.4, -0.2) is 25.5 Å². The van der Waals surface area contributed by atoms with Crippen LogP contribution in [0.1, 0.15) is 6.92 Å². The molecule has 0 radical (unpaired) electrons. The Bertz CT molecular complexity index is 433. The van der Waals surface area contributed by atoms with E-state index in [9.17, 15) is 0 Å². The third kappa shape index (κ3) is 1.23. The lowest BCUT2D eigenvalue weighted by Gasteiger charge is -1.91. The Balaban J connectivity index is 2.56. The normalized spacial score (nSPS) is 11.2. The maximum atomic E-state index is 9.11. The van der Waals surface area contributed by atoms with Crippen LogP contribution in [0.25, 0.3) is 5.65 Å². The molecule has 0 saturated carbocycles. The molecule has 0 aliphatic rings. The number of nitrogens with two attached hydrogens (primary N) is 1. The molecular weight excluding hydrogens is 188 g/mol. The molecule has 0 fully saturated rings. The predicted octanol–water partition coefficient (Wildman–Crippen LogP) is 1.06. The Morgan fingerprint density at radius 3 is 3.15 bits per heavy atom. The fourth-order valence-corrected chi connectivity index (χ4v) is 1.83. The van der Waals surface area contributed by atoms with Gasteiger partial charge >= 0.3 is 0 Å². The Labute approximate surface area is 78.9 Å². The van der Waals surface area contributed by atoms with Gasteiger partial charge in [0.2, 0.25) is 5.88 Å². The average molecular weight is 198 g/mol. The number of aromatic amines is 1. The summed E-state index contributed by atoms with van der Waals surface area (Å²) in [6.07, 6.45) is 1.49. The summed E-state index contributed by atoms with van der Waals surface area (Å²) in [5, 5.41) is 14.1. The molecule has 0 aliphatic heterocycles. The first-order chi connectivity index (χ1) is 6.22. The van der Waals surface area contributed by atoms with Gasteiger partial charge in [-0.1, -0.05) is 6.92 Å². The van der Waals surface area contributed by atoms with Crippen molar-refractivity contribution in [3.05, 3.63) is 6.20 Å². The Hall–Kier alpha value is -1.30. The summed E-state index contributed by atoms with van der Waals surface area (Å²) in [5.74, 6) is 0.998. The highest BCUT2D eigenvalue weighted by Crippen LogP contribution is 2.27. The van der Waals surface area contributed by atoms with Crippen LogP contribution in [0.2, 0.25) is 0 Å². The van der Waals surface area contributed by atoms with Gasteiger partial charge < -0.3 is 15.8 Å². The van der Waals surface area contributed by atoms with E-state index in [1.165, 1.54) is 6.20 Å². The molecule has 2 rings (SSSR count). The van der Waals surface area contributed by atoms with Gasteiger partial charge in [-0.15, -0.1) is 11.8 Å². The van der Waals surface area contributed by atoms with Crippen LogP contribution in [0.3, 0.4) is 0 Å². The third-order valence-electron chi connectivity index (χ3n) is 1.69. The van der Waals surface area contributed by atoms with E-state index in [2.05, 4.69) is 10.1 Å². The van der Waals surface area contributed by atoms with E-state index in [0.29, 0.717) is 11.3 Å². The Kier molecular flexibility index (Phi) is 1.84. The minimum Gasteiger partial charge on any atom is -0.493 e. The van der Waals surface area contributed by atoms with E-state index in [0.717, 1.165) is 10.8 Å². The molecule has 2 aromatic heterocycles. The number of fused-ring (bicyclic) bond motifs is 1. The number of hydrogen-bond donors (Lipinski definition) is 3. The van der Waals surface area contributed by atoms with E-state index in [4.69, 9.17) is 10.8 Å². The zero-order valence-electron chi connectivity index (χ0n) is 7.11. The summed E-state index contributed by atoms with van der Waals surface area (Å²) in [4.78, 5) is 2.72. The largest absolute Gasteiger partial charge is 0.493 e. The van der Waals surface area contributed by atoms with Gasteiger partial charge in [-0.05, 0) is 5.75 Å². The van der Waals surface area contributed by atoms with Crippen LogP contribution < -0.4 is 5.73 Å². The number of imidazole rings is 1. The second-order valence-electron chi connectivity index (χ2n) is 2.58. The first-order valence-electron chi connectivity index (χ1n) is 3.91. The van der Waals surface area contributed by atoms with E-state index in [1.807, 2.05) is 6.92 Å². The van der Waals surface area contributed by atoms with Crippen molar-refractivity contribution in [1.82, 2.24) is 14.6 Å². The maximum absolute atomic E-state index is 9.11. The second kappa shape index (κ2) is 2.88. The number of nitrogens with one attached hydrogen (secondary N) is 1. The van der Waals surface area contributed by atoms with E-state index in [-0.39, 0.29) is 5.88 Å². The lowest BCUT2D eigenvalue weighted by Crippen LogP contribution is -1.85. The molecular formula is C7H10N4OS. The van der Waals surface area contributed by atoms with Gasteiger partial charge in [0.1, 0.15) is 10.7 Å². The van der Waals surface area contributed by atoms with Gasteiger partial charge in [0.25, 0.3) is 0 Å². The summed E-state index contributed by atoms with van der Waals surface area (Å²) in [5.41, 5.74) is 7.03. The van der Waals surface area contributed by atoms with E-state index in [1.54, 1.807) is 16.3 Å². The van der Waals surface area contributed by atoms with Crippen molar-refractivity contribution in [1.29, 1.82) is 0 Å². The standard InChI is InChI=1S/C7H10N4OS/c1-2-13-7-5(8)6-9-4(12)3-11(6)10-7/h3,9,12H,2,8H2,1H3. The number of rotatable bonds is 2. The Morgan fingerprint density at radius 1 is 1.77 bits per heavy atom. The molecule has 2 heterocycles. The molecule has 0 amide bonds. The monoisotopic (exact) mass is 198 g/mol. The number of hydrogen-bond acceptors (Lipinski definition) is 4. The van der Waals surface area contributed by atoms with Crippen molar-refractivity contribution >= 4 is 23.1 Å². The number of nitrogens with zero attached hydrogens (tertiary/aromatic N) is 2. The number of nitrogen functional groups attached to an aromatic ring is 1. The Morgan fingerprint density at radius 2 is 2.54 bits per heavy atom. The third-order valence-corrected chi connectivity index (χ3v) is 2.55. The summed E-state index contributed by atoms with van der Waals surface area (Å²) in [7, 11) is 0. The number of aromatic hydroxyl groups is 1. The maximum Gasteiger partial charge on any atom is 0.209 e. The summed E-state index contributed by atoms with van der Waals surface area (Å²) in [6.45, 7) is 2.04. The number of aromatic nitrogens is 3. The molecule has 6 heteroatoms. The van der Waals surface area contributed by atoms with Crippen LogP contribution in [0.5, 0.6) is 5.88 Å². The summed E-state index contributed by atoms with van der Waals surface area (Å²) >= 11 is 1.58. The van der Waals surface area contributed by atoms with Crippen molar-refractivity contribution in [3.8, 4) is 5.88 Å². The minimum atomic E-state index is 0.0715. The number of anilines is 1. The molecule has 0 bridgehead atoms. The molecule has 0 aromatic carbocycles. The number of H-pyrrole nitrogens is 1. The average Bonchev–Trinajstić information content (AvgIpc) is 2.54. The highest BCUT2D eigenvalue weighted by molar-refractivity contribution is 7.99. The van der Waals surface area contributed by atoms with Gasteiger partial charge in [0.05, 0.1) is 6.20 Å². The van der Waals surface area contributed by atoms with Crippen molar-refractivity contribution < 1.29 is 5.11 Å². The molecule has 0 saturated heterocycles. The lowest BCUT2D eigenvalue weighted by molar-refractivity contribution is 0.456. The SMILES string of the molecule is CCSc1nn2cc(O)[nH]c2c1N. The molecule has 0 spiro atoms. The molecule has 13 heavy (non-hydrogen) atoms. The van der Waals surface area contributed by atoms with Crippen molar-refractivity contribution in [2.24, 2.45) is 0 Å². The van der Waals surface area contributed by atoms with Crippen molar-refractivity contribution in [2.45, 2.75) is 11.9 Å². The van der Waals surface area contributed by atoms with Gasteiger partial charge in [-0.25, -0.2) is 4.52 Å². The zero-order chi connectivity index (χ0) is 9.42. The predicted molar refractivity (Wildman–Crippen MR) is 52.0 cm³/mol. The van der Waals surface area contributed by atoms with E-state index >= 15 is 0 Å². The van der Waals surface area contributed by atoms with Gasteiger partial charge in [-0.2, -0.15) is 5.10 Å². The summed E-state index contributed by atoms with van der Waals surface area (Å²) < 4.78 is 1.54. The molecule has 2 aromatic rings. The van der Waals surface area contributed by atoms with Crippen LogP contribution in [0.4, 0.5) is 5.69 Å². The van der Waals surface area contributed by atoms with Crippen LogP contribution >= 0.6 is 11.8 Å².